The van der Waals surface area contributed by atoms with Gasteiger partial charge in [0.2, 0.25) is 0 Å². The summed E-state index contributed by atoms with van der Waals surface area (Å²) in [5.41, 5.74) is 2.29. The molecule has 3 nitrogen and oxygen atoms in total. The third-order valence-corrected chi connectivity index (χ3v) is 3.93. The second-order valence-corrected chi connectivity index (χ2v) is 6.50. The van der Waals surface area contributed by atoms with Crippen LogP contribution in [0.4, 0.5) is 5.69 Å². The molecule has 0 radical (unpaired) electrons. The Morgan fingerprint density at radius 2 is 2.22 bits per heavy atom. The Morgan fingerprint density at radius 3 is 2.83 bits per heavy atom. The van der Waals surface area contributed by atoms with Crippen LogP contribution in [0.25, 0.3) is 0 Å². The fourth-order valence-corrected chi connectivity index (χ4v) is 3.02. The SMILES string of the molecule is CC(C)n1cc(CNc2ccc(I)cc2Br)cn1. The van der Waals surface area contributed by atoms with Crippen LogP contribution in [0.2, 0.25) is 0 Å². The minimum Gasteiger partial charge on any atom is -0.380 e. The quantitative estimate of drug-likeness (QED) is 0.742. The van der Waals surface area contributed by atoms with Gasteiger partial charge in [-0.25, -0.2) is 0 Å². The average Bonchev–Trinajstić information content (AvgIpc) is 2.76. The first-order valence-corrected chi connectivity index (χ1v) is 7.65. The Bertz CT molecular complexity index is 537. The lowest BCUT2D eigenvalue weighted by Crippen LogP contribution is -2.01. The maximum absolute atomic E-state index is 4.33. The summed E-state index contributed by atoms with van der Waals surface area (Å²) in [5, 5.41) is 7.73. The van der Waals surface area contributed by atoms with Crippen molar-refractivity contribution < 1.29 is 0 Å². The highest BCUT2D eigenvalue weighted by molar-refractivity contribution is 14.1. The molecule has 0 aliphatic heterocycles. The van der Waals surface area contributed by atoms with Crippen LogP contribution in [-0.2, 0) is 6.54 Å². The number of nitrogens with zero attached hydrogens (tertiary/aromatic N) is 2. The van der Waals surface area contributed by atoms with E-state index in [0.717, 1.165) is 16.7 Å². The highest BCUT2D eigenvalue weighted by Crippen LogP contribution is 2.24. The van der Waals surface area contributed by atoms with Crippen LogP contribution in [0.1, 0.15) is 25.5 Å². The second kappa shape index (κ2) is 6.06. The topological polar surface area (TPSA) is 29.9 Å². The van der Waals surface area contributed by atoms with Crippen LogP contribution in [0, 0.1) is 3.57 Å². The molecule has 0 aliphatic carbocycles. The lowest BCUT2D eigenvalue weighted by molar-refractivity contribution is 0.532. The summed E-state index contributed by atoms with van der Waals surface area (Å²) in [6.07, 6.45) is 3.99. The smallest absolute Gasteiger partial charge is 0.0539 e. The molecular formula is C13H15BrIN3. The van der Waals surface area contributed by atoms with Gasteiger partial charge in [-0.1, -0.05) is 0 Å². The van der Waals surface area contributed by atoms with Gasteiger partial charge in [-0.15, -0.1) is 0 Å². The Balaban J connectivity index is 2.02. The number of rotatable bonds is 4. The van der Waals surface area contributed by atoms with E-state index in [1.165, 1.54) is 9.13 Å². The van der Waals surface area contributed by atoms with Gasteiger partial charge in [-0.05, 0) is 70.6 Å². The van der Waals surface area contributed by atoms with Crippen LogP contribution < -0.4 is 5.32 Å². The molecule has 0 spiro atoms. The van der Waals surface area contributed by atoms with Crippen LogP contribution in [-0.4, -0.2) is 9.78 Å². The number of hydrogen-bond acceptors (Lipinski definition) is 2. The average molecular weight is 420 g/mol. The van der Waals surface area contributed by atoms with Crippen molar-refractivity contribution in [3.05, 3.63) is 44.2 Å². The summed E-state index contributed by atoms with van der Waals surface area (Å²) in [6.45, 7) is 5.03. The monoisotopic (exact) mass is 419 g/mol. The summed E-state index contributed by atoms with van der Waals surface area (Å²) in [5.74, 6) is 0. The molecular weight excluding hydrogens is 405 g/mol. The summed E-state index contributed by atoms with van der Waals surface area (Å²) in [4.78, 5) is 0. The zero-order valence-corrected chi connectivity index (χ0v) is 14.1. The molecule has 0 aliphatic rings. The fourth-order valence-electron chi connectivity index (χ4n) is 1.58. The third-order valence-electron chi connectivity index (χ3n) is 2.60. The van der Waals surface area contributed by atoms with Crippen LogP contribution in [0.15, 0.2) is 35.1 Å². The summed E-state index contributed by atoms with van der Waals surface area (Å²) < 4.78 is 4.28. The van der Waals surface area contributed by atoms with E-state index in [1.54, 1.807) is 0 Å². The largest absolute Gasteiger partial charge is 0.380 e. The minimum absolute atomic E-state index is 0.406. The molecule has 2 rings (SSSR count). The normalized spacial score (nSPS) is 10.9. The molecule has 0 amide bonds. The van der Waals surface area contributed by atoms with Crippen molar-refractivity contribution in [1.82, 2.24) is 9.78 Å². The number of benzene rings is 1. The Hall–Kier alpha value is -0.560. The van der Waals surface area contributed by atoms with Crippen molar-refractivity contribution in [1.29, 1.82) is 0 Å². The van der Waals surface area contributed by atoms with Gasteiger partial charge in [0.25, 0.3) is 0 Å². The Labute approximate surface area is 129 Å². The summed E-state index contributed by atoms with van der Waals surface area (Å²) >= 11 is 5.86. The molecule has 5 heteroatoms. The van der Waals surface area contributed by atoms with Gasteiger partial charge in [0, 0.05) is 38.1 Å². The fraction of sp³-hybridized carbons (Fsp3) is 0.308. The second-order valence-electron chi connectivity index (χ2n) is 4.40. The van der Waals surface area contributed by atoms with Gasteiger partial charge in [0.15, 0.2) is 0 Å². The molecule has 0 bridgehead atoms. The molecule has 18 heavy (non-hydrogen) atoms. The van der Waals surface area contributed by atoms with Gasteiger partial charge < -0.3 is 5.32 Å². The van der Waals surface area contributed by atoms with Crippen molar-refractivity contribution in [3.8, 4) is 0 Å². The maximum atomic E-state index is 4.33. The number of anilines is 1. The highest BCUT2D eigenvalue weighted by Gasteiger charge is 2.03. The van der Waals surface area contributed by atoms with Crippen molar-refractivity contribution >= 4 is 44.2 Å². The Kier molecular flexibility index (Phi) is 4.66. The first-order valence-electron chi connectivity index (χ1n) is 5.78. The minimum atomic E-state index is 0.406. The van der Waals surface area contributed by atoms with Gasteiger partial charge in [-0.2, -0.15) is 5.10 Å². The molecule has 1 aromatic heterocycles. The van der Waals surface area contributed by atoms with Gasteiger partial charge >= 0.3 is 0 Å². The maximum Gasteiger partial charge on any atom is 0.0539 e. The van der Waals surface area contributed by atoms with E-state index >= 15 is 0 Å². The molecule has 96 valence electrons. The van der Waals surface area contributed by atoms with Gasteiger partial charge in [-0.3, -0.25) is 4.68 Å². The van der Waals surface area contributed by atoms with Gasteiger partial charge in [0.05, 0.1) is 6.20 Å². The van der Waals surface area contributed by atoms with Crippen molar-refractivity contribution in [3.63, 3.8) is 0 Å². The van der Waals surface area contributed by atoms with E-state index in [2.05, 4.69) is 87.2 Å². The lowest BCUT2D eigenvalue weighted by Gasteiger charge is -2.08. The van der Waals surface area contributed by atoms with Crippen LogP contribution in [0.3, 0.4) is 0 Å². The molecule has 1 N–H and O–H groups in total. The number of hydrogen-bond donors (Lipinski definition) is 1. The Morgan fingerprint density at radius 1 is 1.44 bits per heavy atom. The molecule has 1 aromatic carbocycles. The van der Waals surface area contributed by atoms with E-state index in [1.807, 2.05) is 10.9 Å². The van der Waals surface area contributed by atoms with E-state index in [4.69, 9.17) is 0 Å². The molecule has 0 atom stereocenters. The van der Waals surface area contributed by atoms with Gasteiger partial charge in [0.1, 0.15) is 0 Å². The standard InChI is InChI=1S/C13H15BrIN3/c1-9(2)18-8-10(7-17-18)6-16-13-4-3-11(15)5-12(13)14/h3-5,7-9,16H,6H2,1-2H3. The molecule has 0 saturated carbocycles. The van der Waals surface area contributed by atoms with E-state index in [0.29, 0.717) is 6.04 Å². The number of aromatic nitrogens is 2. The molecule has 1 heterocycles. The summed E-state index contributed by atoms with van der Waals surface area (Å²) in [7, 11) is 0. The van der Waals surface area contributed by atoms with Crippen molar-refractivity contribution in [2.45, 2.75) is 26.4 Å². The zero-order chi connectivity index (χ0) is 13.1. The van der Waals surface area contributed by atoms with Crippen LogP contribution >= 0.6 is 38.5 Å². The summed E-state index contributed by atoms with van der Waals surface area (Å²) in [6, 6.07) is 6.67. The van der Waals surface area contributed by atoms with Crippen molar-refractivity contribution in [2.75, 3.05) is 5.32 Å². The predicted octanol–water partition coefficient (Wildman–Crippen LogP) is 4.44. The molecule has 2 aromatic rings. The number of nitrogens with one attached hydrogen (secondary N) is 1. The van der Waals surface area contributed by atoms with Crippen molar-refractivity contribution in [2.24, 2.45) is 0 Å². The third kappa shape index (κ3) is 3.47. The first kappa shape index (κ1) is 13.9. The van der Waals surface area contributed by atoms with E-state index < -0.39 is 0 Å². The highest BCUT2D eigenvalue weighted by atomic mass is 127. The number of halogens is 2. The zero-order valence-electron chi connectivity index (χ0n) is 10.3. The van der Waals surface area contributed by atoms with E-state index in [9.17, 15) is 0 Å². The van der Waals surface area contributed by atoms with Crippen LogP contribution in [0.5, 0.6) is 0 Å². The molecule has 0 saturated heterocycles. The predicted molar refractivity (Wildman–Crippen MR) is 86.8 cm³/mol. The molecule has 0 unspecified atom stereocenters. The van der Waals surface area contributed by atoms with E-state index in [-0.39, 0.29) is 0 Å². The molecule has 0 fully saturated rings. The lowest BCUT2D eigenvalue weighted by atomic mass is 10.3. The first-order chi connectivity index (χ1) is 8.56.